The van der Waals surface area contributed by atoms with Crippen LogP contribution in [0, 0.1) is 6.92 Å². The molecule has 2 heterocycles. The summed E-state index contributed by atoms with van der Waals surface area (Å²) in [5, 5.41) is 6.61. The largest absolute Gasteiger partial charge is 0.369 e. The lowest BCUT2D eigenvalue weighted by atomic mass is 10.1. The molecule has 1 saturated heterocycles. The van der Waals surface area contributed by atoms with Gasteiger partial charge in [-0.1, -0.05) is 25.1 Å². The summed E-state index contributed by atoms with van der Waals surface area (Å²) in [6.07, 6.45) is 1.76. The number of aromatic nitrogens is 2. The zero-order valence-electron chi connectivity index (χ0n) is 21.0. The third-order valence-corrected chi connectivity index (χ3v) is 7.21. The van der Waals surface area contributed by atoms with Gasteiger partial charge in [-0.15, -0.1) is 0 Å². The van der Waals surface area contributed by atoms with Gasteiger partial charge in [-0.05, 0) is 49.9 Å². The van der Waals surface area contributed by atoms with Crippen molar-refractivity contribution < 1.29 is 8.42 Å². The van der Waals surface area contributed by atoms with Crippen LogP contribution in [0.1, 0.15) is 18.1 Å². The van der Waals surface area contributed by atoms with Gasteiger partial charge in [0, 0.05) is 68.1 Å². The first kappa shape index (κ1) is 25.8. The molecule has 11 heteroatoms. The molecular weight excluding hydrogens is 476 g/mol. The Morgan fingerprint density at radius 3 is 2.39 bits per heavy atom. The van der Waals surface area contributed by atoms with Crippen LogP contribution in [0.5, 0.6) is 0 Å². The molecule has 1 aliphatic heterocycles. The molecule has 3 aromatic rings. The first-order chi connectivity index (χ1) is 17.3. The quantitative estimate of drug-likeness (QED) is 0.329. The molecule has 0 atom stereocenters. The summed E-state index contributed by atoms with van der Waals surface area (Å²) in [6, 6.07) is 15.8. The van der Waals surface area contributed by atoms with Gasteiger partial charge in [0.05, 0.1) is 0 Å². The summed E-state index contributed by atoms with van der Waals surface area (Å²) in [6.45, 7) is 8.31. The van der Waals surface area contributed by atoms with E-state index in [1.165, 1.54) is 5.69 Å². The zero-order valence-corrected chi connectivity index (χ0v) is 21.8. The van der Waals surface area contributed by atoms with Crippen LogP contribution in [0.2, 0.25) is 0 Å². The average Bonchev–Trinajstić information content (AvgIpc) is 2.86. The fourth-order valence-electron chi connectivity index (χ4n) is 3.92. The fraction of sp³-hybridized carbons (Fsp3) is 0.360. The van der Waals surface area contributed by atoms with E-state index < -0.39 is 10.2 Å². The van der Waals surface area contributed by atoms with Gasteiger partial charge >= 0.3 is 0 Å². The van der Waals surface area contributed by atoms with E-state index in [2.05, 4.69) is 59.0 Å². The maximum atomic E-state index is 12.0. The Hall–Kier alpha value is -3.25. The van der Waals surface area contributed by atoms with Gasteiger partial charge in [0.25, 0.3) is 10.2 Å². The van der Waals surface area contributed by atoms with Crippen LogP contribution >= 0.6 is 0 Å². The van der Waals surface area contributed by atoms with E-state index in [0.717, 1.165) is 48.7 Å². The molecular formula is C25H34N8O2S. The van der Waals surface area contributed by atoms with Crippen LogP contribution in [0.25, 0.3) is 0 Å². The molecule has 192 valence electrons. The lowest BCUT2D eigenvalue weighted by Crippen LogP contribution is -2.44. The van der Waals surface area contributed by atoms with Gasteiger partial charge in [-0.25, -0.2) is 9.71 Å². The highest BCUT2D eigenvalue weighted by Gasteiger charge is 2.14. The lowest BCUT2D eigenvalue weighted by Gasteiger charge is -2.34. The number of nitrogens with zero attached hydrogens (tertiary/aromatic N) is 4. The summed E-state index contributed by atoms with van der Waals surface area (Å²) in [4.78, 5) is 13.8. The van der Waals surface area contributed by atoms with Gasteiger partial charge in [0.2, 0.25) is 5.95 Å². The summed E-state index contributed by atoms with van der Waals surface area (Å²) in [5.41, 5.74) is 4.55. The number of piperazine rings is 1. The van der Waals surface area contributed by atoms with Crippen LogP contribution in [0.3, 0.4) is 0 Å². The molecule has 2 aromatic carbocycles. The smallest absolute Gasteiger partial charge is 0.277 e. The van der Waals surface area contributed by atoms with Crippen LogP contribution < -0.4 is 25.0 Å². The Bertz CT molecular complexity index is 1260. The Labute approximate surface area is 213 Å². The zero-order chi connectivity index (χ0) is 25.5. The van der Waals surface area contributed by atoms with Gasteiger partial charge in [0.1, 0.15) is 5.82 Å². The predicted octanol–water partition coefficient (Wildman–Crippen LogP) is 2.97. The van der Waals surface area contributed by atoms with E-state index in [0.29, 0.717) is 18.3 Å². The molecule has 0 radical (unpaired) electrons. The molecule has 10 nitrogen and oxygen atoms in total. The maximum Gasteiger partial charge on any atom is 0.277 e. The number of aryl methyl sites for hydroxylation is 1. The molecule has 4 N–H and O–H groups in total. The fourth-order valence-corrected chi connectivity index (χ4v) is 4.74. The molecule has 1 aliphatic rings. The Balaban J connectivity index is 1.44. The normalized spacial score (nSPS) is 14.6. The lowest BCUT2D eigenvalue weighted by molar-refractivity contribution is 0.313. The summed E-state index contributed by atoms with van der Waals surface area (Å²) in [5.74, 6) is 1.12. The predicted molar refractivity (Wildman–Crippen MR) is 145 cm³/mol. The minimum atomic E-state index is -3.55. The van der Waals surface area contributed by atoms with Crippen molar-refractivity contribution in [3.63, 3.8) is 0 Å². The van der Waals surface area contributed by atoms with E-state index in [1.54, 1.807) is 13.1 Å². The Kier molecular flexibility index (Phi) is 8.36. The molecule has 1 fully saturated rings. The summed E-state index contributed by atoms with van der Waals surface area (Å²) < 4.78 is 29.0. The van der Waals surface area contributed by atoms with Crippen molar-refractivity contribution >= 4 is 39.0 Å². The first-order valence-corrected chi connectivity index (χ1v) is 13.5. The van der Waals surface area contributed by atoms with Gasteiger partial charge in [-0.2, -0.15) is 18.1 Å². The number of rotatable bonds is 10. The van der Waals surface area contributed by atoms with Crippen molar-refractivity contribution in [1.29, 1.82) is 0 Å². The second-order valence-corrected chi connectivity index (χ2v) is 10.4. The van der Waals surface area contributed by atoms with Crippen molar-refractivity contribution in [1.82, 2.24) is 24.3 Å². The highest BCUT2D eigenvalue weighted by molar-refractivity contribution is 7.87. The van der Waals surface area contributed by atoms with Crippen LogP contribution in [-0.2, 0) is 16.8 Å². The van der Waals surface area contributed by atoms with Crippen LogP contribution in [0.15, 0.2) is 54.7 Å². The number of hydrogen-bond acceptors (Lipinski definition) is 8. The number of likely N-dealkylation sites (N-methyl/N-ethyl adjacent to an activating group) is 1. The van der Waals surface area contributed by atoms with Crippen LogP contribution in [-0.4, -0.2) is 63.1 Å². The Morgan fingerprint density at radius 2 is 1.67 bits per heavy atom. The second kappa shape index (κ2) is 11.7. The van der Waals surface area contributed by atoms with Crippen molar-refractivity contribution in [2.45, 2.75) is 20.4 Å². The van der Waals surface area contributed by atoms with Crippen LogP contribution in [0.4, 0.5) is 28.8 Å². The van der Waals surface area contributed by atoms with E-state index in [9.17, 15) is 8.42 Å². The Morgan fingerprint density at radius 1 is 0.944 bits per heavy atom. The highest BCUT2D eigenvalue weighted by Crippen LogP contribution is 2.25. The standard InChI is InChI=1S/C25H34N8O2S/c1-4-27-36(34,35)28-18-20-7-5-6-8-23(20)30-24-19(2)17-26-25(31-24)29-21-9-11-22(12-10-21)33-15-13-32(3)14-16-33/h5-12,17,27-28H,4,13-16,18H2,1-3H3,(H2,26,29,30,31). The van der Waals surface area contributed by atoms with E-state index in [-0.39, 0.29) is 6.54 Å². The minimum absolute atomic E-state index is 0.146. The average molecular weight is 511 g/mol. The first-order valence-electron chi connectivity index (χ1n) is 12.1. The molecule has 0 amide bonds. The van der Waals surface area contributed by atoms with Crippen molar-refractivity contribution in [3.05, 3.63) is 65.9 Å². The van der Waals surface area contributed by atoms with Gasteiger partial charge in [0.15, 0.2) is 0 Å². The van der Waals surface area contributed by atoms with Crippen molar-refractivity contribution in [3.8, 4) is 0 Å². The summed E-state index contributed by atoms with van der Waals surface area (Å²) >= 11 is 0. The third-order valence-electron chi connectivity index (χ3n) is 6.02. The molecule has 0 spiro atoms. The topological polar surface area (TPSA) is 115 Å². The van der Waals surface area contributed by atoms with E-state index in [1.807, 2.05) is 43.3 Å². The highest BCUT2D eigenvalue weighted by atomic mass is 32.2. The number of para-hydroxylation sites is 1. The monoisotopic (exact) mass is 510 g/mol. The number of nitrogens with one attached hydrogen (secondary N) is 4. The summed E-state index contributed by atoms with van der Waals surface area (Å²) in [7, 11) is -1.40. The maximum absolute atomic E-state index is 12.0. The molecule has 0 unspecified atom stereocenters. The molecule has 1 aromatic heterocycles. The number of benzene rings is 2. The number of hydrogen-bond donors (Lipinski definition) is 4. The van der Waals surface area contributed by atoms with E-state index >= 15 is 0 Å². The molecule has 36 heavy (non-hydrogen) atoms. The van der Waals surface area contributed by atoms with E-state index in [4.69, 9.17) is 0 Å². The minimum Gasteiger partial charge on any atom is -0.369 e. The molecule has 0 saturated carbocycles. The van der Waals surface area contributed by atoms with Gasteiger partial charge in [-0.3, -0.25) is 0 Å². The molecule has 4 rings (SSSR count). The number of anilines is 5. The molecule has 0 bridgehead atoms. The van der Waals surface area contributed by atoms with Crippen molar-refractivity contribution in [2.75, 3.05) is 55.3 Å². The second-order valence-electron chi connectivity index (χ2n) is 8.79. The third kappa shape index (κ3) is 6.91. The molecule has 0 aliphatic carbocycles. The SMILES string of the molecule is CCNS(=O)(=O)NCc1ccccc1Nc1nc(Nc2ccc(N3CCN(C)CC3)cc2)ncc1C. The van der Waals surface area contributed by atoms with Gasteiger partial charge < -0.3 is 20.4 Å². The van der Waals surface area contributed by atoms with Crippen molar-refractivity contribution in [2.24, 2.45) is 0 Å².